The van der Waals surface area contributed by atoms with Crippen molar-refractivity contribution in [2.24, 2.45) is 0 Å². The molecule has 0 bridgehead atoms. The number of rotatable bonds is 7. The highest BCUT2D eigenvalue weighted by Crippen LogP contribution is 2.16. The fourth-order valence-electron chi connectivity index (χ4n) is 1.52. The number of aliphatic carboxylic acids is 1. The van der Waals surface area contributed by atoms with Gasteiger partial charge in [-0.15, -0.1) is 0 Å². The fraction of sp³-hybridized carbons (Fsp3) is 0.385. The molecule has 0 aliphatic rings. The van der Waals surface area contributed by atoms with Crippen LogP contribution < -0.4 is 15.4 Å². The van der Waals surface area contributed by atoms with Crippen LogP contribution in [0.1, 0.15) is 6.42 Å². The molecule has 1 atom stereocenters. The van der Waals surface area contributed by atoms with Crippen LogP contribution in [0, 0.1) is 0 Å². The number of thioether (sulfide) groups is 1. The maximum Gasteiger partial charge on any atom is 0.326 e. The SMILES string of the molecule is COc1cccc(NC(=O)NC(CCSC)C(=O)O)c1. The van der Waals surface area contributed by atoms with Crippen molar-refractivity contribution in [1.82, 2.24) is 5.32 Å². The van der Waals surface area contributed by atoms with Crippen LogP contribution in [-0.4, -0.2) is 42.3 Å². The number of benzene rings is 1. The molecule has 0 aliphatic carbocycles. The van der Waals surface area contributed by atoms with E-state index in [4.69, 9.17) is 9.84 Å². The van der Waals surface area contributed by atoms with Crippen molar-refractivity contribution in [1.29, 1.82) is 0 Å². The molecule has 0 aromatic heterocycles. The Hall–Kier alpha value is -1.89. The maximum atomic E-state index is 11.8. The average Bonchev–Trinajstić information content (AvgIpc) is 2.43. The molecule has 3 N–H and O–H groups in total. The summed E-state index contributed by atoms with van der Waals surface area (Å²) in [6.07, 6.45) is 2.26. The lowest BCUT2D eigenvalue weighted by atomic mass is 10.2. The van der Waals surface area contributed by atoms with E-state index in [1.807, 2.05) is 6.26 Å². The summed E-state index contributed by atoms with van der Waals surface area (Å²) >= 11 is 1.53. The van der Waals surface area contributed by atoms with Gasteiger partial charge < -0.3 is 20.5 Å². The topological polar surface area (TPSA) is 87.7 Å². The van der Waals surface area contributed by atoms with Gasteiger partial charge in [-0.25, -0.2) is 9.59 Å². The lowest BCUT2D eigenvalue weighted by Gasteiger charge is -2.14. The second-order valence-electron chi connectivity index (χ2n) is 4.00. The molecule has 0 saturated heterocycles. The van der Waals surface area contributed by atoms with Crippen molar-refractivity contribution >= 4 is 29.4 Å². The highest BCUT2D eigenvalue weighted by Gasteiger charge is 2.19. The molecule has 0 spiro atoms. The largest absolute Gasteiger partial charge is 0.497 e. The second-order valence-corrected chi connectivity index (χ2v) is 4.99. The molecule has 0 saturated carbocycles. The van der Waals surface area contributed by atoms with Crippen LogP contribution in [0.15, 0.2) is 24.3 Å². The van der Waals surface area contributed by atoms with Gasteiger partial charge in [0.1, 0.15) is 11.8 Å². The van der Waals surface area contributed by atoms with Crippen molar-refractivity contribution in [2.45, 2.75) is 12.5 Å². The molecular formula is C13H18N2O4S. The van der Waals surface area contributed by atoms with Gasteiger partial charge in [-0.2, -0.15) is 11.8 Å². The van der Waals surface area contributed by atoms with Crippen LogP contribution in [-0.2, 0) is 4.79 Å². The summed E-state index contributed by atoms with van der Waals surface area (Å²) < 4.78 is 5.04. The van der Waals surface area contributed by atoms with E-state index in [1.54, 1.807) is 24.3 Å². The Balaban J connectivity index is 2.58. The van der Waals surface area contributed by atoms with E-state index < -0.39 is 18.0 Å². The highest BCUT2D eigenvalue weighted by atomic mass is 32.2. The number of carbonyl (C=O) groups excluding carboxylic acids is 1. The average molecular weight is 298 g/mol. The Morgan fingerprint density at radius 2 is 2.20 bits per heavy atom. The number of amides is 2. The molecule has 1 aromatic rings. The van der Waals surface area contributed by atoms with Crippen LogP contribution >= 0.6 is 11.8 Å². The molecule has 6 nitrogen and oxygen atoms in total. The van der Waals surface area contributed by atoms with Gasteiger partial charge in [0, 0.05) is 11.8 Å². The molecule has 1 aromatic carbocycles. The maximum absolute atomic E-state index is 11.8. The molecule has 110 valence electrons. The van der Waals surface area contributed by atoms with E-state index in [2.05, 4.69) is 10.6 Å². The molecule has 20 heavy (non-hydrogen) atoms. The molecule has 1 rings (SSSR count). The standard InChI is InChI=1S/C13H18N2O4S/c1-19-10-5-3-4-9(8-10)14-13(18)15-11(12(16)17)6-7-20-2/h3-5,8,11H,6-7H2,1-2H3,(H,16,17)(H2,14,15,18). The van der Waals surface area contributed by atoms with Gasteiger partial charge in [-0.05, 0) is 30.6 Å². The quantitative estimate of drug-likeness (QED) is 0.717. The molecule has 0 fully saturated rings. The molecular weight excluding hydrogens is 280 g/mol. The first-order chi connectivity index (χ1) is 9.56. The van der Waals surface area contributed by atoms with Crippen molar-refractivity contribution in [3.05, 3.63) is 24.3 Å². The number of carbonyl (C=O) groups is 2. The van der Waals surface area contributed by atoms with E-state index in [0.717, 1.165) is 0 Å². The second kappa shape index (κ2) is 8.31. The molecule has 1 unspecified atom stereocenters. The van der Waals surface area contributed by atoms with Crippen LogP contribution in [0.2, 0.25) is 0 Å². The summed E-state index contributed by atoms with van der Waals surface area (Å²) in [5.41, 5.74) is 0.538. The van der Waals surface area contributed by atoms with E-state index >= 15 is 0 Å². The van der Waals surface area contributed by atoms with Crippen molar-refractivity contribution in [3.8, 4) is 5.75 Å². The Bertz CT molecular complexity index is 467. The number of nitrogens with one attached hydrogen (secondary N) is 2. The number of carboxylic acid groups (broad SMARTS) is 1. The molecule has 7 heteroatoms. The number of ether oxygens (including phenoxy) is 1. The fourth-order valence-corrected chi connectivity index (χ4v) is 1.99. The molecule has 0 aliphatic heterocycles. The van der Waals surface area contributed by atoms with Crippen LogP contribution in [0.5, 0.6) is 5.75 Å². The van der Waals surface area contributed by atoms with Gasteiger partial charge in [0.05, 0.1) is 7.11 Å². The van der Waals surface area contributed by atoms with E-state index in [-0.39, 0.29) is 0 Å². The number of methoxy groups -OCH3 is 1. The molecule has 0 radical (unpaired) electrons. The van der Waals surface area contributed by atoms with Crippen LogP contribution in [0.4, 0.5) is 10.5 Å². The minimum Gasteiger partial charge on any atom is -0.497 e. The highest BCUT2D eigenvalue weighted by molar-refractivity contribution is 7.98. The Morgan fingerprint density at radius 3 is 2.80 bits per heavy atom. The number of urea groups is 1. The van der Waals surface area contributed by atoms with Crippen molar-refractivity contribution in [3.63, 3.8) is 0 Å². The van der Waals surface area contributed by atoms with Gasteiger partial charge in [-0.3, -0.25) is 0 Å². The van der Waals surface area contributed by atoms with Crippen LogP contribution in [0.25, 0.3) is 0 Å². The predicted octanol–water partition coefficient (Wildman–Crippen LogP) is 2.02. The van der Waals surface area contributed by atoms with Gasteiger partial charge in [0.15, 0.2) is 0 Å². The monoisotopic (exact) mass is 298 g/mol. The van der Waals surface area contributed by atoms with E-state index in [0.29, 0.717) is 23.6 Å². The van der Waals surface area contributed by atoms with Gasteiger partial charge in [-0.1, -0.05) is 6.07 Å². The van der Waals surface area contributed by atoms with Crippen molar-refractivity contribution in [2.75, 3.05) is 24.4 Å². The molecule has 0 heterocycles. The summed E-state index contributed by atoms with van der Waals surface area (Å²) in [6.45, 7) is 0. The van der Waals surface area contributed by atoms with E-state index in [9.17, 15) is 9.59 Å². The lowest BCUT2D eigenvalue weighted by molar-refractivity contribution is -0.139. The summed E-state index contributed by atoms with van der Waals surface area (Å²) in [4.78, 5) is 22.8. The third-order valence-electron chi connectivity index (χ3n) is 2.54. The lowest BCUT2D eigenvalue weighted by Crippen LogP contribution is -2.43. The zero-order valence-electron chi connectivity index (χ0n) is 11.4. The summed E-state index contributed by atoms with van der Waals surface area (Å²) in [5.74, 6) is 0.232. The smallest absolute Gasteiger partial charge is 0.326 e. The first kappa shape index (κ1) is 16.2. The number of hydrogen-bond acceptors (Lipinski definition) is 4. The zero-order valence-corrected chi connectivity index (χ0v) is 12.2. The zero-order chi connectivity index (χ0) is 15.0. The molecule has 2 amide bonds. The number of hydrogen-bond donors (Lipinski definition) is 3. The summed E-state index contributed by atoms with van der Waals surface area (Å²) in [7, 11) is 1.53. The van der Waals surface area contributed by atoms with Crippen LogP contribution in [0.3, 0.4) is 0 Å². The number of anilines is 1. The third kappa shape index (κ3) is 5.40. The third-order valence-corrected chi connectivity index (χ3v) is 3.19. The Labute approximate surface area is 121 Å². The van der Waals surface area contributed by atoms with Gasteiger partial charge >= 0.3 is 12.0 Å². The minimum atomic E-state index is -1.04. The van der Waals surface area contributed by atoms with Gasteiger partial charge in [0.2, 0.25) is 0 Å². The van der Waals surface area contributed by atoms with Gasteiger partial charge in [0.25, 0.3) is 0 Å². The Morgan fingerprint density at radius 1 is 1.45 bits per heavy atom. The summed E-state index contributed by atoms with van der Waals surface area (Å²) in [5, 5.41) is 14.0. The predicted molar refractivity (Wildman–Crippen MR) is 79.6 cm³/mol. The minimum absolute atomic E-state index is 0.377. The normalized spacial score (nSPS) is 11.5. The Kier molecular flexibility index (Phi) is 6.72. The first-order valence-corrected chi connectivity index (χ1v) is 7.39. The summed E-state index contributed by atoms with van der Waals surface area (Å²) in [6, 6.07) is 5.38. The first-order valence-electron chi connectivity index (χ1n) is 6.00. The van der Waals surface area contributed by atoms with E-state index in [1.165, 1.54) is 18.9 Å². The van der Waals surface area contributed by atoms with Crippen molar-refractivity contribution < 1.29 is 19.4 Å². The number of carboxylic acids is 1.